The number of anilines is 2. The number of aliphatic hydroxyl groups is 1. The van der Waals surface area contributed by atoms with E-state index in [2.05, 4.69) is 57.0 Å². The zero-order valence-corrected chi connectivity index (χ0v) is 23.8. The summed E-state index contributed by atoms with van der Waals surface area (Å²) in [6.45, 7) is 8.37. The van der Waals surface area contributed by atoms with E-state index < -0.39 is 0 Å². The van der Waals surface area contributed by atoms with Gasteiger partial charge in [-0.2, -0.15) is 53.3 Å². The Kier molecular flexibility index (Phi) is 8.07. The summed E-state index contributed by atoms with van der Waals surface area (Å²) in [4.78, 5) is 2.28. The Morgan fingerprint density at radius 2 is 1.84 bits per heavy atom. The molecule has 0 radical (unpaired) electrons. The van der Waals surface area contributed by atoms with Crippen LogP contribution >= 0.6 is 0 Å². The fraction of sp³-hybridized carbons (Fsp3) is 0.333. The van der Waals surface area contributed by atoms with Crippen LogP contribution in [-0.4, -0.2) is 31.6 Å². The molecule has 2 aromatic carbocycles. The first kappa shape index (κ1) is 26.9. The molecule has 1 saturated carbocycles. The zero-order chi connectivity index (χ0) is 25.4. The number of para-hydroxylation sites is 1. The summed E-state index contributed by atoms with van der Waals surface area (Å²) in [7, 11) is 0. The SMILES string of the molecule is Cc1c(N(c2nn(-c3[c-]cccc3)c(C)c2C)C2CCCC(O)C2)[c-]n(-c2[c-]cc(C#N)cc2)c1C.[Pt]. The summed E-state index contributed by atoms with van der Waals surface area (Å²) in [5.41, 5.74) is 7.57. The molecule has 5 rings (SSSR count). The molecule has 194 valence electrons. The van der Waals surface area contributed by atoms with Crippen molar-refractivity contribution in [1.82, 2.24) is 14.3 Å². The van der Waals surface area contributed by atoms with Crippen molar-refractivity contribution in [1.29, 1.82) is 5.26 Å². The second-order valence-electron chi connectivity index (χ2n) is 9.62. The van der Waals surface area contributed by atoms with Crippen LogP contribution in [0.2, 0.25) is 0 Å². The first-order chi connectivity index (χ1) is 17.4. The second-order valence-corrected chi connectivity index (χ2v) is 9.62. The van der Waals surface area contributed by atoms with Gasteiger partial charge in [0.05, 0.1) is 6.10 Å². The van der Waals surface area contributed by atoms with Crippen LogP contribution in [-0.2, 0) is 21.1 Å². The van der Waals surface area contributed by atoms with Crippen molar-refractivity contribution in [2.75, 3.05) is 4.90 Å². The van der Waals surface area contributed by atoms with E-state index in [-0.39, 0.29) is 33.2 Å². The smallest absolute Gasteiger partial charge is 0.157 e. The number of nitrogens with zero attached hydrogens (tertiary/aromatic N) is 5. The molecule has 4 aromatic rings. The topological polar surface area (TPSA) is 70.0 Å². The maximum atomic E-state index is 10.6. The number of rotatable bonds is 5. The van der Waals surface area contributed by atoms with Gasteiger partial charge in [-0.15, -0.1) is 11.6 Å². The van der Waals surface area contributed by atoms with Crippen LogP contribution in [0.15, 0.2) is 42.5 Å². The molecule has 1 fully saturated rings. The Morgan fingerprint density at radius 1 is 1.03 bits per heavy atom. The molecule has 7 heteroatoms. The summed E-state index contributed by atoms with van der Waals surface area (Å²) in [6, 6.07) is 22.0. The van der Waals surface area contributed by atoms with Crippen molar-refractivity contribution in [3.8, 4) is 17.4 Å². The fourth-order valence-electron chi connectivity index (χ4n) is 5.09. The van der Waals surface area contributed by atoms with Gasteiger partial charge in [0.15, 0.2) is 5.82 Å². The third-order valence-electron chi connectivity index (χ3n) is 7.38. The van der Waals surface area contributed by atoms with Crippen molar-refractivity contribution in [3.63, 3.8) is 0 Å². The first-order valence-electron chi connectivity index (χ1n) is 12.4. The quantitative estimate of drug-likeness (QED) is 0.281. The second kappa shape index (κ2) is 11.1. The molecule has 1 aliphatic carbocycles. The molecule has 0 aliphatic heterocycles. The first-order valence-corrected chi connectivity index (χ1v) is 12.4. The van der Waals surface area contributed by atoms with Gasteiger partial charge in [-0.05, 0) is 57.1 Å². The van der Waals surface area contributed by atoms with Gasteiger partial charge in [0, 0.05) is 44.4 Å². The maximum Gasteiger partial charge on any atom is 0.157 e. The Labute approximate surface area is 233 Å². The van der Waals surface area contributed by atoms with Crippen molar-refractivity contribution in [2.45, 2.75) is 65.5 Å². The third-order valence-corrected chi connectivity index (χ3v) is 7.38. The average molecular weight is 672 g/mol. The van der Waals surface area contributed by atoms with Crippen LogP contribution in [0, 0.1) is 57.4 Å². The molecule has 0 amide bonds. The number of aromatic nitrogens is 3. The molecular formula is C30H30N5OPt-3. The molecule has 0 saturated heterocycles. The largest absolute Gasteiger partial charge is 0.467 e. The molecule has 2 heterocycles. The van der Waals surface area contributed by atoms with E-state index in [0.29, 0.717) is 12.0 Å². The number of nitriles is 1. The van der Waals surface area contributed by atoms with Crippen LogP contribution < -0.4 is 4.90 Å². The van der Waals surface area contributed by atoms with Gasteiger partial charge in [0.25, 0.3) is 0 Å². The third kappa shape index (κ3) is 5.03. The Balaban J connectivity index is 0.00000320. The van der Waals surface area contributed by atoms with Crippen molar-refractivity contribution >= 4 is 11.5 Å². The van der Waals surface area contributed by atoms with E-state index in [1.54, 1.807) is 12.1 Å². The van der Waals surface area contributed by atoms with Crippen LogP contribution in [0.25, 0.3) is 11.4 Å². The predicted octanol–water partition coefficient (Wildman–Crippen LogP) is 5.61. The van der Waals surface area contributed by atoms with Crippen LogP contribution in [0.4, 0.5) is 11.5 Å². The molecule has 0 bridgehead atoms. The molecule has 1 aliphatic rings. The van der Waals surface area contributed by atoms with E-state index in [4.69, 9.17) is 5.10 Å². The number of hydrogen-bond acceptors (Lipinski definition) is 4. The Morgan fingerprint density at radius 3 is 2.49 bits per heavy atom. The number of aliphatic hydroxyl groups excluding tert-OH is 1. The van der Waals surface area contributed by atoms with E-state index in [1.165, 1.54) is 0 Å². The molecule has 0 spiro atoms. The Hall–Kier alpha value is -3.13. The van der Waals surface area contributed by atoms with Gasteiger partial charge in [-0.3, -0.25) is 4.68 Å². The van der Waals surface area contributed by atoms with Crippen LogP contribution in [0.3, 0.4) is 0 Å². The average Bonchev–Trinajstić information content (AvgIpc) is 3.36. The summed E-state index contributed by atoms with van der Waals surface area (Å²) in [5.74, 6) is 0.879. The normalized spacial score (nSPS) is 17.2. The molecule has 2 aromatic heterocycles. The fourth-order valence-corrected chi connectivity index (χ4v) is 5.09. The van der Waals surface area contributed by atoms with Gasteiger partial charge in [-0.25, -0.2) is 11.3 Å². The Bertz CT molecular complexity index is 1420. The molecule has 2 atom stereocenters. The summed E-state index contributed by atoms with van der Waals surface area (Å²) in [5, 5.41) is 24.8. The molecular weight excluding hydrogens is 641 g/mol. The van der Waals surface area contributed by atoms with Crippen LogP contribution in [0.1, 0.15) is 53.8 Å². The minimum Gasteiger partial charge on any atom is -0.467 e. The summed E-state index contributed by atoms with van der Waals surface area (Å²) in [6.07, 6.45) is 6.73. The summed E-state index contributed by atoms with van der Waals surface area (Å²) >= 11 is 0. The van der Waals surface area contributed by atoms with Crippen molar-refractivity contribution in [3.05, 3.63) is 88.9 Å². The van der Waals surface area contributed by atoms with Gasteiger partial charge in [0.1, 0.15) is 0 Å². The van der Waals surface area contributed by atoms with Gasteiger partial charge < -0.3 is 14.6 Å². The minimum atomic E-state index is -0.326. The van der Waals surface area contributed by atoms with E-state index in [9.17, 15) is 10.4 Å². The minimum absolute atomic E-state index is 0. The zero-order valence-electron chi connectivity index (χ0n) is 21.5. The van der Waals surface area contributed by atoms with E-state index in [0.717, 1.165) is 64.7 Å². The van der Waals surface area contributed by atoms with E-state index in [1.807, 2.05) is 39.6 Å². The predicted molar refractivity (Wildman–Crippen MR) is 140 cm³/mol. The molecule has 2 unspecified atom stereocenters. The van der Waals surface area contributed by atoms with Gasteiger partial charge >= 0.3 is 0 Å². The van der Waals surface area contributed by atoms with Gasteiger partial charge in [0.2, 0.25) is 0 Å². The monoisotopic (exact) mass is 671 g/mol. The maximum absolute atomic E-state index is 10.6. The number of hydrogen-bond donors (Lipinski definition) is 1. The molecule has 6 nitrogen and oxygen atoms in total. The summed E-state index contributed by atoms with van der Waals surface area (Å²) < 4.78 is 3.95. The van der Waals surface area contributed by atoms with Crippen molar-refractivity contribution in [2.24, 2.45) is 0 Å². The van der Waals surface area contributed by atoms with E-state index >= 15 is 0 Å². The van der Waals surface area contributed by atoms with Gasteiger partial charge in [-0.1, -0.05) is 25.1 Å². The van der Waals surface area contributed by atoms with Crippen LogP contribution in [0.5, 0.6) is 0 Å². The standard InChI is InChI=1S/C30H30N5O.Pt/c1-20-22(3)33(25-15-13-24(18-31)14-16-25)19-29(20)34(27-11-8-12-28(36)17-27)30-21(2)23(4)35(32-30)26-9-6-5-7-10-26;/h5-7,9,13-15,27-28,36H,8,11-12,17H2,1-4H3;/q-3;. The number of benzene rings is 2. The molecule has 1 N–H and O–H groups in total. The molecule has 37 heavy (non-hydrogen) atoms. The van der Waals surface area contributed by atoms with Crippen molar-refractivity contribution < 1.29 is 26.2 Å².